The Morgan fingerprint density at radius 1 is 0.600 bits per heavy atom. The summed E-state index contributed by atoms with van der Waals surface area (Å²) in [6, 6.07) is 22.9. The van der Waals surface area contributed by atoms with Gasteiger partial charge in [0.15, 0.2) is 0 Å². The third kappa shape index (κ3) is 2.32. The van der Waals surface area contributed by atoms with E-state index in [1.165, 1.54) is 22.3 Å². The zero-order valence-corrected chi connectivity index (χ0v) is 16.2. The Kier molecular flexibility index (Phi) is 3.28. The van der Waals surface area contributed by atoms with E-state index in [0.717, 1.165) is 24.2 Å². The lowest BCUT2D eigenvalue weighted by Gasteiger charge is -2.10. The Balaban J connectivity index is 1.20. The maximum Gasteiger partial charge on any atom is 0.236 e. The van der Waals surface area contributed by atoms with Crippen molar-refractivity contribution in [3.8, 4) is 0 Å². The average molecular weight is 393 g/mol. The first-order chi connectivity index (χ1) is 14.8. The summed E-state index contributed by atoms with van der Waals surface area (Å²) in [5.74, 6) is 1.23. The predicted molar refractivity (Wildman–Crippen MR) is 113 cm³/mol. The summed E-state index contributed by atoms with van der Waals surface area (Å²) in [6.07, 6.45) is 1.93. The molecular formula is C25H19N3O2. The molecule has 2 aliphatic carbocycles. The van der Waals surface area contributed by atoms with Crippen LogP contribution in [0.5, 0.6) is 0 Å². The molecule has 1 unspecified atom stereocenters. The van der Waals surface area contributed by atoms with Crippen molar-refractivity contribution in [3.63, 3.8) is 0 Å². The van der Waals surface area contributed by atoms with Crippen molar-refractivity contribution in [1.82, 2.24) is 4.98 Å². The Hall–Kier alpha value is -3.47. The Labute approximate surface area is 174 Å². The fraction of sp³-hybridized carbons (Fsp3) is 0.240. The van der Waals surface area contributed by atoms with E-state index in [-0.39, 0.29) is 24.3 Å². The number of aliphatic imine (C=N–C) groups is 2. The summed E-state index contributed by atoms with van der Waals surface area (Å²) in [5.41, 5.74) is 6.67. The van der Waals surface area contributed by atoms with Crippen molar-refractivity contribution in [2.24, 2.45) is 9.98 Å². The zero-order valence-electron chi connectivity index (χ0n) is 16.2. The highest BCUT2D eigenvalue weighted by atomic mass is 16.5. The number of benzene rings is 2. The highest BCUT2D eigenvalue weighted by Crippen LogP contribution is 2.42. The molecule has 2 aromatic carbocycles. The molecule has 3 aromatic rings. The summed E-state index contributed by atoms with van der Waals surface area (Å²) < 4.78 is 12.4. The summed E-state index contributed by atoms with van der Waals surface area (Å²) in [4.78, 5) is 14.5. The third-order valence-corrected chi connectivity index (χ3v) is 6.52. The van der Waals surface area contributed by atoms with E-state index in [0.29, 0.717) is 11.8 Å². The van der Waals surface area contributed by atoms with E-state index in [1.54, 1.807) is 0 Å². The molecule has 5 nitrogen and oxygen atoms in total. The van der Waals surface area contributed by atoms with Crippen LogP contribution in [-0.2, 0) is 22.3 Å². The van der Waals surface area contributed by atoms with Gasteiger partial charge in [-0.15, -0.1) is 0 Å². The van der Waals surface area contributed by atoms with Crippen LogP contribution in [0.3, 0.4) is 0 Å². The maximum atomic E-state index is 6.20. The van der Waals surface area contributed by atoms with Crippen LogP contribution in [0.25, 0.3) is 0 Å². The fourth-order valence-corrected chi connectivity index (χ4v) is 5.12. The minimum absolute atomic E-state index is 0.0672. The van der Waals surface area contributed by atoms with Gasteiger partial charge in [-0.3, -0.25) is 0 Å². The molecule has 5 heteroatoms. The van der Waals surface area contributed by atoms with E-state index < -0.39 is 0 Å². The number of pyridine rings is 1. The molecule has 0 bridgehead atoms. The van der Waals surface area contributed by atoms with Gasteiger partial charge in [0.1, 0.15) is 35.7 Å². The van der Waals surface area contributed by atoms with Crippen molar-refractivity contribution >= 4 is 11.8 Å². The summed E-state index contributed by atoms with van der Waals surface area (Å²) in [6.45, 7) is 0. The molecule has 4 aliphatic rings. The van der Waals surface area contributed by atoms with Gasteiger partial charge < -0.3 is 9.47 Å². The molecule has 30 heavy (non-hydrogen) atoms. The summed E-state index contributed by atoms with van der Waals surface area (Å²) in [5, 5.41) is 0. The van der Waals surface area contributed by atoms with Gasteiger partial charge in [-0.1, -0.05) is 54.6 Å². The Morgan fingerprint density at radius 2 is 1.10 bits per heavy atom. The standard InChI is InChI=1S/C25H19N3O2/c1-3-8-16-14(6-1)12-20-22(16)27-24(29-20)18-10-5-11-19(26-18)25-28-23-17-9-4-2-7-15(17)13-21(23)30-25/h1-11,20-23H,12-13H2/t20-,21-,22+,23?/m0/s1. The highest BCUT2D eigenvalue weighted by Gasteiger charge is 2.41. The highest BCUT2D eigenvalue weighted by molar-refractivity contribution is 5.97. The first-order valence-electron chi connectivity index (χ1n) is 10.5. The monoisotopic (exact) mass is 393 g/mol. The van der Waals surface area contributed by atoms with Crippen molar-refractivity contribution < 1.29 is 9.47 Å². The molecule has 0 N–H and O–H groups in total. The van der Waals surface area contributed by atoms with Crippen molar-refractivity contribution in [1.29, 1.82) is 0 Å². The van der Waals surface area contributed by atoms with Crippen molar-refractivity contribution in [2.45, 2.75) is 37.1 Å². The Bertz CT molecular complexity index is 1160. The van der Waals surface area contributed by atoms with Gasteiger partial charge in [0.05, 0.1) is 0 Å². The SMILES string of the molecule is c1cc(C2=NC3c4ccccc4C[C@@H]3O2)nc(C2=N[C@@H]3c4ccccc4C[C@@H]3O2)c1. The number of nitrogens with zero attached hydrogens (tertiary/aromatic N) is 3. The predicted octanol–water partition coefficient (Wildman–Crippen LogP) is 3.97. The molecule has 1 aromatic heterocycles. The summed E-state index contributed by atoms with van der Waals surface area (Å²) >= 11 is 0. The minimum Gasteiger partial charge on any atom is -0.470 e. The zero-order chi connectivity index (χ0) is 19.7. The van der Waals surface area contributed by atoms with Gasteiger partial charge in [-0.05, 0) is 34.4 Å². The molecule has 0 amide bonds. The van der Waals surface area contributed by atoms with E-state index in [9.17, 15) is 0 Å². The van der Waals surface area contributed by atoms with Crippen LogP contribution in [0.1, 0.15) is 45.7 Å². The first kappa shape index (κ1) is 16.3. The van der Waals surface area contributed by atoms with Crippen LogP contribution >= 0.6 is 0 Å². The van der Waals surface area contributed by atoms with E-state index in [1.807, 2.05) is 18.2 Å². The van der Waals surface area contributed by atoms with Gasteiger partial charge >= 0.3 is 0 Å². The molecule has 0 radical (unpaired) electrons. The van der Waals surface area contributed by atoms with Gasteiger partial charge in [0.25, 0.3) is 0 Å². The number of hydrogen-bond donors (Lipinski definition) is 0. The molecule has 0 saturated carbocycles. The molecule has 3 heterocycles. The lowest BCUT2D eigenvalue weighted by atomic mass is 10.1. The molecule has 2 aliphatic heterocycles. The fourth-order valence-electron chi connectivity index (χ4n) is 5.12. The molecule has 7 rings (SSSR count). The molecule has 4 atom stereocenters. The summed E-state index contributed by atoms with van der Waals surface area (Å²) in [7, 11) is 0. The molecule has 0 saturated heterocycles. The van der Waals surface area contributed by atoms with Crippen molar-refractivity contribution in [3.05, 3.63) is 100 Å². The number of rotatable bonds is 2. The van der Waals surface area contributed by atoms with Crippen LogP contribution in [0.15, 0.2) is 76.7 Å². The lowest BCUT2D eigenvalue weighted by molar-refractivity contribution is 0.205. The van der Waals surface area contributed by atoms with Gasteiger partial charge in [-0.2, -0.15) is 0 Å². The molecule has 0 spiro atoms. The number of ether oxygens (including phenoxy) is 2. The first-order valence-corrected chi connectivity index (χ1v) is 10.5. The lowest BCUT2D eigenvalue weighted by Crippen LogP contribution is -2.17. The number of hydrogen-bond acceptors (Lipinski definition) is 5. The second-order valence-corrected chi connectivity index (χ2v) is 8.28. The third-order valence-electron chi connectivity index (χ3n) is 6.52. The van der Waals surface area contributed by atoms with Crippen molar-refractivity contribution in [2.75, 3.05) is 0 Å². The van der Waals surface area contributed by atoms with E-state index in [4.69, 9.17) is 24.4 Å². The normalized spacial score (nSPS) is 27.3. The second kappa shape index (κ2) is 6.02. The number of aromatic nitrogens is 1. The van der Waals surface area contributed by atoms with Crippen LogP contribution < -0.4 is 0 Å². The topological polar surface area (TPSA) is 56.1 Å². The maximum absolute atomic E-state index is 6.20. The number of fused-ring (bicyclic) bond motifs is 6. The molecule has 146 valence electrons. The quantitative estimate of drug-likeness (QED) is 0.662. The molecule has 0 fully saturated rings. The van der Waals surface area contributed by atoms with Crippen LogP contribution in [-0.4, -0.2) is 29.0 Å². The van der Waals surface area contributed by atoms with Crippen LogP contribution in [0.2, 0.25) is 0 Å². The minimum atomic E-state index is 0.0672. The smallest absolute Gasteiger partial charge is 0.236 e. The average Bonchev–Trinajstić information content (AvgIpc) is 3.52. The largest absolute Gasteiger partial charge is 0.470 e. The van der Waals surface area contributed by atoms with Gasteiger partial charge in [-0.25, -0.2) is 15.0 Å². The van der Waals surface area contributed by atoms with Crippen LogP contribution in [0, 0.1) is 0 Å². The van der Waals surface area contributed by atoms with E-state index in [2.05, 4.69) is 48.5 Å². The Morgan fingerprint density at radius 3 is 1.63 bits per heavy atom. The van der Waals surface area contributed by atoms with Gasteiger partial charge in [0.2, 0.25) is 11.8 Å². The second-order valence-electron chi connectivity index (χ2n) is 8.28. The van der Waals surface area contributed by atoms with E-state index >= 15 is 0 Å². The van der Waals surface area contributed by atoms with Crippen LogP contribution in [0.4, 0.5) is 0 Å². The molecular weight excluding hydrogens is 374 g/mol. The van der Waals surface area contributed by atoms with Gasteiger partial charge in [0, 0.05) is 12.8 Å².